The predicted molar refractivity (Wildman–Crippen MR) is 91.1 cm³/mol. The molecule has 0 spiro atoms. The molecule has 0 aromatic heterocycles. The van der Waals surface area contributed by atoms with Gasteiger partial charge in [0.1, 0.15) is 0 Å². The number of anilines is 1. The molecule has 2 nitrogen and oxygen atoms in total. The zero-order valence-electron chi connectivity index (χ0n) is 12.9. The van der Waals surface area contributed by atoms with Crippen molar-refractivity contribution in [2.24, 2.45) is 16.2 Å². The van der Waals surface area contributed by atoms with E-state index in [4.69, 9.17) is 11.6 Å². The highest BCUT2D eigenvalue weighted by molar-refractivity contribution is 9.09. The lowest BCUT2D eigenvalue weighted by Gasteiger charge is -2.64. The van der Waals surface area contributed by atoms with Crippen LogP contribution in [-0.4, -0.2) is 10.7 Å². The molecule has 1 aromatic carbocycles. The number of fused-ring (bicyclic) bond motifs is 1. The van der Waals surface area contributed by atoms with E-state index in [0.29, 0.717) is 5.02 Å². The van der Waals surface area contributed by atoms with E-state index in [-0.39, 0.29) is 27.0 Å². The Morgan fingerprint density at radius 1 is 1.33 bits per heavy atom. The smallest absolute Gasteiger partial charge is 0.232 e. The van der Waals surface area contributed by atoms with Crippen LogP contribution in [0.4, 0.5) is 5.69 Å². The third kappa shape index (κ3) is 1.62. The van der Waals surface area contributed by atoms with E-state index < -0.39 is 0 Å². The summed E-state index contributed by atoms with van der Waals surface area (Å²) in [7, 11) is 0. The molecule has 0 heterocycles. The number of amides is 1. The maximum absolute atomic E-state index is 13.0. The Morgan fingerprint density at radius 2 is 2.00 bits per heavy atom. The van der Waals surface area contributed by atoms with Gasteiger partial charge in [-0.05, 0) is 48.3 Å². The molecule has 3 aliphatic rings. The molecule has 1 amide bonds. The normalized spacial score (nSPS) is 36.2. The van der Waals surface area contributed by atoms with Crippen LogP contribution in [-0.2, 0) is 4.79 Å². The first-order chi connectivity index (χ1) is 9.68. The van der Waals surface area contributed by atoms with Crippen LogP contribution in [0.5, 0.6) is 0 Å². The highest BCUT2D eigenvalue weighted by Gasteiger charge is 2.80. The second kappa shape index (κ2) is 4.48. The highest BCUT2D eigenvalue weighted by Crippen LogP contribution is 2.79. The third-order valence-corrected chi connectivity index (χ3v) is 8.70. The fourth-order valence-corrected chi connectivity index (χ4v) is 6.42. The topological polar surface area (TPSA) is 29.1 Å². The molecule has 0 radical (unpaired) electrons. The largest absolute Gasteiger partial charge is 0.325 e. The van der Waals surface area contributed by atoms with Gasteiger partial charge in [-0.15, -0.1) is 0 Å². The Labute approximate surface area is 139 Å². The van der Waals surface area contributed by atoms with Crippen molar-refractivity contribution in [1.29, 1.82) is 0 Å². The number of halogens is 2. The minimum absolute atomic E-state index is 0.00469. The summed E-state index contributed by atoms with van der Waals surface area (Å²) in [6.07, 6.45) is 2.04. The molecule has 0 aliphatic heterocycles. The predicted octanol–water partition coefficient (Wildman–Crippen LogP) is 5.18. The molecule has 4 rings (SSSR count). The van der Waals surface area contributed by atoms with Gasteiger partial charge < -0.3 is 5.32 Å². The Hall–Kier alpha value is -0.540. The summed E-state index contributed by atoms with van der Waals surface area (Å²) in [5, 5.41) is 3.81. The van der Waals surface area contributed by atoms with E-state index in [1.807, 2.05) is 25.1 Å². The van der Waals surface area contributed by atoms with Crippen LogP contribution in [0.1, 0.15) is 39.2 Å². The summed E-state index contributed by atoms with van der Waals surface area (Å²) in [4.78, 5) is 13.3. The fraction of sp³-hybridized carbons (Fsp3) is 0.588. The molecule has 3 atom stereocenters. The van der Waals surface area contributed by atoms with Crippen molar-refractivity contribution in [1.82, 2.24) is 0 Å². The van der Waals surface area contributed by atoms with Crippen LogP contribution in [0.25, 0.3) is 0 Å². The lowest BCUT2D eigenvalue weighted by atomic mass is 9.43. The molecule has 3 unspecified atom stereocenters. The highest BCUT2D eigenvalue weighted by atomic mass is 79.9. The molecule has 4 heteroatoms. The number of carbonyl (C=O) groups is 1. The van der Waals surface area contributed by atoms with E-state index in [0.717, 1.165) is 24.1 Å². The van der Waals surface area contributed by atoms with Crippen molar-refractivity contribution in [3.05, 3.63) is 28.8 Å². The summed E-state index contributed by atoms with van der Waals surface area (Å²) >= 11 is 9.95. The molecular formula is C17H21BrClNO. The van der Waals surface area contributed by atoms with Crippen LogP contribution < -0.4 is 5.32 Å². The monoisotopic (exact) mass is 369 g/mol. The fourth-order valence-electron chi connectivity index (χ4n) is 4.43. The van der Waals surface area contributed by atoms with Crippen LogP contribution in [0.2, 0.25) is 5.02 Å². The van der Waals surface area contributed by atoms with Crippen molar-refractivity contribution in [3.8, 4) is 0 Å². The van der Waals surface area contributed by atoms with Gasteiger partial charge in [0.15, 0.2) is 0 Å². The Morgan fingerprint density at radius 3 is 2.52 bits per heavy atom. The lowest BCUT2D eigenvalue weighted by molar-refractivity contribution is -0.156. The number of rotatable bonds is 2. The SMILES string of the molecule is Cc1c(Cl)cccc1NC(=O)C12CCC(C)(C1Br)C2(C)C. The van der Waals surface area contributed by atoms with Gasteiger partial charge >= 0.3 is 0 Å². The van der Waals surface area contributed by atoms with E-state index in [2.05, 4.69) is 42.0 Å². The van der Waals surface area contributed by atoms with Crippen molar-refractivity contribution in [3.63, 3.8) is 0 Å². The quantitative estimate of drug-likeness (QED) is 0.714. The molecule has 2 bridgehead atoms. The van der Waals surface area contributed by atoms with Crippen LogP contribution in [0, 0.1) is 23.2 Å². The third-order valence-electron chi connectivity index (χ3n) is 6.49. The van der Waals surface area contributed by atoms with Crippen molar-refractivity contribution < 1.29 is 4.79 Å². The van der Waals surface area contributed by atoms with Gasteiger partial charge in [0.05, 0.1) is 5.41 Å². The molecule has 1 aromatic rings. The maximum Gasteiger partial charge on any atom is 0.232 e. The molecule has 1 N–H and O–H groups in total. The number of carbonyl (C=O) groups excluding carboxylic acids is 1. The molecule has 3 saturated carbocycles. The zero-order valence-corrected chi connectivity index (χ0v) is 15.2. The Balaban J connectivity index is 1.92. The van der Waals surface area contributed by atoms with E-state index in [1.165, 1.54) is 0 Å². The first-order valence-corrected chi connectivity index (χ1v) is 8.68. The van der Waals surface area contributed by atoms with Gasteiger partial charge in [0.25, 0.3) is 0 Å². The van der Waals surface area contributed by atoms with Crippen molar-refractivity contribution >= 4 is 39.1 Å². The average Bonchev–Trinajstić information content (AvgIpc) is 2.83. The van der Waals surface area contributed by atoms with Gasteiger partial charge in [-0.2, -0.15) is 0 Å². The van der Waals surface area contributed by atoms with Crippen molar-refractivity contribution in [2.75, 3.05) is 5.32 Å². The average molecular weight is 371 g/mol. The molecule has 0 saturated heterocycles. The van der Waals surface area contributed by atoms with Gasteiger partial charge in [-0.25, -0.2) is 0 Å². The number of hydrogen-bond donors (Lipinski definition) is 1. The van der Waals surface area contributed by atoms with Gasteiger partial charge in [-0.1, -0.05) is 54.4 Å². The zero-order chi connectivity index (χ0) is 15.6. The summed E-state index contributed by atoms with van der Waals surface area (Å²) < 4.78 is 0. The van der Waals surface area contributed by atoms with Gasteiger partial charge in [0, 0.05) is 15.5 Å². The molecule has 3 fully saturated rings. The first-order valence-electron chi connectivity index (χ1n) is 7.39. The van der Waals surface area contributed by atoms with Crippen LogP contribution in [0.3, 0.4) is 0 Å². The minimum atomic E-state index is -0.323. The van der Waals surface area contributed by atoms with Gasteiger partial charge in [0.2, 0.25) is 5.91 Å². The number of hydrogen-bond acceptors (Lipinski definition) is 1. The number of nitrogens with one attached hydrogen (secondary N) is 1. The Bertz CT molecular complexity index is 629. The summed E-state index contributed by atoms with van der Waals surface area (Å²) in [5.41, 5.74) is 1.63. The maximum atomic E-state index is 13.0. The van der Waals surface area contributed by atoms with Crippen molar-refractivity contribution in [2.45, 2.75) is 45.4 Å². The number of alkyl halides is 1. The summed E-state index contributed by atoms with van der Waals surface area (Å²) in [6, 6.07) is 5.63. The summed E-state index contributed by atoms with van der Waals surface area (Å²) in [6.45, 7) is 8.67. The molecule has 3 aliphatic carbocycles. The first kappa shape index (κ1) is 15.4. The van der Waals surface area contributed by atoms with E-state index >= 15 is 0 Å². The second-order valence-corrected chi connectivity index (χ2v) is 8.57. The number of benzene rings is 1. The minimum Gasteiger partial charge on any atom is -0.325 e. The van der Waals surface area contributed by atoms with E-state index in [1.54, 1.807) is 0 Å². The van der Waals surface area contributed by atoms with Crippen LogP contribution in [0.15, 0.2) is 18.2 Å². The van der Waals surface area contributed by atoms with Crippen LogP contribution >= 0.6 is 27.5 Å². The second-order valence-electron chi connectivity index (χ2n) is 7.24. The summed E-state index contributed by atoms with van der Waals surface area (Å²) in [5.74, 6) is 0.120. The molecule has 114 valence electrons. The lowest BCUT2D eigenvalue weighted by Crippen LogP contribution is -2.68. The molecular weight excluding hydrogens is 350 g/mol. The Kier molecular flexibility index (Phi) is 3.28. The van der Waals surface area contributed by atoms with Gasteiger partial charge in [-0.3, -0.25) is 4.79 Å². The molecule has 21 heavy (non-hydrogen) atoms. The standard InChI is InChI=1S/C17H21BrClNO/c1-10-11(19)6-5-7-12(10)20-14(21)17-9-8-16(4,13(17)18)15(17,2)3/h5-7,13H,8-9H2,1-4H3,(H,20,21). The van der Waals surface area contributed by atoms with E-state index in [9.17, 15) is 4.79 Å².